The number of carbonyl (C=O) groups is 1. The van der Waals surface area contributed by atoms with Gasteiger partial charge in [-0.2, -0.15) is 10.2 Å². The molecule has 0 aliphatic rings. The molecule has 4 rings (SSSR count). The third-order valence-corrected chi connectivity index (χ3v) is 4.66. The lowest BCUT2D eigenvalue weighted by Crippen LogP contribution is -2.18. The van der Waals surface area contributed by atoms with Gasteiger partial charge in [0.25, 0.3) is 5.91 Å². The minimum atomic E-state index is -0.383. The second-order valence-electron chi connectivity index (χ2n) is 6.54. The number of H-pyrrole nitrogens is 1. The van der Waals surface area contributed by atoms with Gasteiger partial charge in [-0.15, -0.1) is 0 Å². The molecule has 0 aliphatic heterocycles. The number of fused-ring (bicyclic) bond motifs is 1. The van der Waals surface area contributed by atoms with Crippen LogP contribution in [0.15, 0.2) is 71.8 Å². The highest BCUT2D eigenvalue weighted by Crippen LogP contribution is 2.27. The Balaban J connectivity index is 1.45. The Labute approximate surface area is 173 Å². The first-order valence-corrected chi connectivity index (χ1v) is 9.28. The molecule has 3 aromatic carbocycles. The number of hydrogen-bond acceptors (Lipinski definition) is 5. The lowest BCUT2D eigenvalue weighted by Gasteiger charge is -2.07. The first kappa shape index (κ1) is 19.2. The number of methoxy groups -OCH3 is 2. The maximum absolute atomic E-state index is 12.4. The normalized spacial score (nSPS) is 11.0. The molecule has 7 heteroatoms. The Morgan fingerprint density at radius 3 is 2.57 bits per heavy atom. The van der Waals surface area contributed by atoms with Crippen LogP contribution < -0.4 is 14.9 Å². The Hall–Kier alpha value is -4.13. The van der Waals surface area contributed by atoms with E-state index in [0.29, 0.717) is 22.9 Å². The van der Waals surface area contributed by atoms with E-state index in [-0.39, 0.29) is 5.91 Å². The summed E-state index contributed by atoms with van der Waals surface area (Å²) in [6, 6.07) is 21.2. The number of amides is 1. The molecule has 0 unspecified atom stereocenters. The Bertz CT molecular complexity index is 1230. The van der Waals surface area contributed by atoms with Gasteiger partial charge >= 0.3 is 0 Å². The van der Waals surface area contributed by atoms with Crippen molar-refractivity contribution in [2.24, 2.45) is 5.10 Å². The molecule has 0 atom stereocenters. The fraction of sp³-hybridized carbons (Fsp3) is 0.0870. The third kappa shape index (κ3) is 4.00. The highest BCUT2D eigenvalue weighted by molar-refractivity contribution is 5.94. The van der Waals surface area contributed by atoms with Gasteiger partial charge in [-0.05, 0) is 46.7 Å². The van der Waals surface area contributed by atoms with E-state index in [9.17, 15) is 4.79 Å². The molecule has 1 heterocycles. The van der Waals surface area contributed by atoms with Crippen LogP contribution in [0.5, 0.6) is 11.5 Å². The molecule has 4 aromatic rings. The molecule has 30 heavy (non-hydrogen) atoms. The first-order valence-electron chi connectivity index (χ1n) is 9.28. The molecular weight excluding hydrogens is 380 g/mol. The number of rotatable bonds is 6. The van der Waals surface area contributed by atoms with Gasteiger partial charge in [0.1, 0.15) is 5.69 Å². The largest absolute Gasteiger partial charge is 0.493 e. The summed E-state index contributed by atoms with van der Waals surface area (Å²) in [4.78, 5) is 12.4. The predicted octanol–water partition coefficient (Wildman–Crippen LogP) is 4.01. The molecule has 7 nitrogen and oxygen atoms in total. The lowest BCUT2D eigenvalue weighted by atomic mass is 10.1. The molecule has 0 bridgehead atoms. The van der Waals surface area contributed by atoms with E-state index in [4.69, 9.17) is 9.47 Å². The van der Waals surface area contributed by atoms with Crippen molar-refractivity contribution in [2.75, 3.05) is 14.2 Å². The minimum absolute atomic E-state index is 0.322. The summed E-state index contributed by atoms with van der Waals surface area (Å²) in [5, 5.41) is 13.3. The van der Waals surface area contributed by atoms with Gasteiger partial charge in [0.05, 0.1) is 26.1 Å². The smallest absolute Gasteiger partial charge is 0.289 e. The van der Waals surface area contributed by atoms with Crippen LogP contribution >= 0.6 is 0 Å². The number of nitrogens with one attached hydrogen (secondary N) is 2. The first-order chi connectivity index (χ1) is 14.7. The number of benzene rings is 3. The van der Waals surface area contributed by atoms with Crippen LogP contribution in [0.4, 0.5) is 0 Å². The average molecular weight is 400 g/mol. The summed E-state index contributed by atoms with van der Waals surface area (Å²) in [6.07, 6.45) is 1.53. The number of ether oxygens (including phenoxy) is 2. The molecular formula is C23H20N4O3. The van der Waals surface area contributed by atoms with Crippen LogP contribution in [0.25, 0.3) is 22.0 Å². The quantitative estimate of drug-likeness (QED) is 0.378. The molecule has 0 spiro atoms. The standard InChI is InChI=1S/C23H20N4O3/c1-29-21-10-7-15(11-22(21)30-2)14-24-27-23(28)20-13-19(25-26-20)18-9-8-16-5-3-4-6-17(16)12-18/h3-14H,1-2H3,(H,25,26)(H,27,28)/b24-14-. The van der Waals surface area contributed by atoms with Gasteiger partial charge in [0.2, 0.25) is 0 Å². The highest BCUT2D eigenvalue weighted by atomic mass is 16.5. The van der Waals surface area contributed by atoms with Crippen LogP contribution in [0.1, 0.15) is 16.1 Å². The van der Waals surface area contributed by atoms with Crippen LogP contribution in [-0.4, -0.2) is 36.5 Å². The van der Waals surface area contributed by atoms with Crippen LogP contribution in [0.2, 0.25) is 0 Å². The monoisotopic (exact) mass is 400 g/mol. The van der Waals surface area contributed by atoms with Crippen molar-refractivity contribution in [1.29, 1.82) is 0 Å². The average Bonchev–Trinajstić information content (AvgIpc) is 3.29. The fourth-order valence-electron chi connectivity index (χ4n) is 3.09. The Kier molecular flexibility index (Phi) is 5.43. The summed E-state index contributed by atoms with van der Waals surface area (Å²) in [5.41, 5.74) is 5.19. The SMILES string of the molecule is COc1ccc(/C=N\NC(=O)c2cc(-c3ccc4ccccc4c3)n[nH]2)cc1OC. The van der Waals surface area contributed by atoms with Crippen LogP contribution in [-0.2, 0) is 0 Å². The molecule has 2 N–H and O–H groups in total. The molecule has 1 aromatic heterocycles. The Morgan fingerprint density at radius 1 is 0.967 bits per heavy atom. The molecule has 150 valence electrons. The van der Waals surface area contributed by atoms with Crippen molar-refractivity contribution in [3.05, 3.63) is 78.0 Å². The van der Waals surface area contributed by atoms with Crippen molar-refractivity contribution in [3.8, 4) is 22.8 Å². The lowest BCUT2D eigenvalue weighted by molar-refractivity contribution is 0.0950. The molecule has 0 fully saturated rings. The molecule has 0 saturated carbocycles. The summed E-state index contributed by atoms with van der Waals surface area (Å²) in [5.74, 6) is 0.824. The van der Waals surface area contributed by atoms with E-state index in [1.54, 1.807) is 32.4 Å². The number of carbonyl (C=O) groups excluding carboxylic acids is 1. The van der Waals surface area contributed by atoms with Crippen molar-refractivity contribution in [1.82, 2.24) is 15.6 Å². The van der Waals surface area contributed by atoms with E-state index in [1.165, 1.54) is 6.21 Å². The zero-order valence-corrected chi connectivity index (χ0v) is 16.5. The van der Waals surface area contributed by atoms with E-state index < -0.39 is 0 Å². The summed E-state index contributed by atoms with van der Waals surface area (Å²) >= 11 is 0. The number of hydrazone groups is 1. The second kappa shape index (κ2) is 8.48. The second-order valence-corrected chi connectivity index (χ2v) is 6.54. The number of nitrogens with zero attached hydrogens (tertiary/aromatic N) is 2. The minimum Gasteiger partial charge on any atom is -0.493 e. The number of aromatic amines is 1. The van der Waals surface area contributed by atoms with Gasteiger partial charge in [-0.25, -0.2) is 5.43 Å². The maximum atomic E-state index is 12.4. The number of aromatic nitrogens is 2. The van der Waals surface area contributed by atoms with Crippen LogP contribution in [0, 0.1) is 0 Å². The van der Waals surface area contributed by atoms with Crippen molar-refractivity contribution < 1.29 is 14.3 Å². The molecule has 1 amide bonds. The van der Waals surface area contributed by atoms with Gasteiger partial charge < -0.3 is 9.47 Å². The van der Waals surface area contributed by atoms with E-state index in [2.05, 4.69) is 26.8 Å². The summed E-state index contributed by atoms with van der Waals surface area (Å²) in [7, 11) is 3.13. The van der Waals surface area contributed by atoms with E-state index in [0.717, 1.165) is 21.9 Å². The van der Waals surface area contributed by atoms with Crippen molar-refractivity contribution >= 4 is 22.9 Å². The van der Waals surface area contributed by atoms with E-state index >= 15 is 0 Å². The maximum Gasteiger partial charge on any atom is 0.289 e. The highest BCUT2D eigenvalue weighted by Gasteiger charge is 2.11. The molecule has 0 saturated heterocycles. The molecule has 0 radical (unpaired) electrons. The fourth-order valence-corrected chi connectivity index (χ4v) is 3.09. The Morgan fingerprint density at radius 2 is 1.77 bits per heavy atom. The number of hydrogen-bond donors (Lipinski definition) is 2. The summed E-state index contributed by atoms with van der Waals surface area (Å²) in [6.45, 7) is 0. The van der Waals surface area contributed by atoms with Gasteiger partial charge in [-0.1, -0.05) is 36.4 Å². The third-order valence-electron chi connectivity index (χ3n) is 4.66. The predicted molar refractivity (Wildman–Crippen MR) is 116 cm³/mol. The van der Waals surface area contributed by atoms with Crippen molar-refractivity contribution in [2.45, 2.75) is 0 Å². The summed E-state index contributed by atoms with van der Waals surface area (Å²) < 4.78 is 10.5. The van der Waals surface area contributed by atoms with Gasteiger partial charge in [0.15, 0.2) is 11.5 Å². The zero-order chi connectivity index (χ0) is 20.9. The topological polar surface area (TPSA) is 88.6 Å². The molecule has 0 aliphatic carbocycles. The van der Waals surface area contributed by atoms with Gasteiger partial charge in [0, 0.05) is 5.56 Å². The van der Waals surface area contributed by atoms with Crippen LogP contribution in [0.3, 0.4) is 0 Å². The zero-order valence-electron chi connectivity index (χ0n) is 16.5. The van der Waals surface area contributed by atoms with Crippen molar-refractivity contribution in [3.63, 3.8) is 0 Å². The van der Waals surface area contributed by atoms with E-state index in [1.807, 2.05) is 42.5 Å². The van der Waals surface area contributed by atoms with Gasteiger partial charge in [-0.3, -0.25) is 9.89 Å².